The van der Waals surface area contributed by atoms with Crippen LogP contribution in [0.25, 0.3) is 0 Å². The average Bonchev–Trinajstić information content (AvgIpc) is 1.79. The minimum atomic E-state index is 1.13. The highest BCUT2D eigenvalue weighted by molar-refractivity contribution is 7.42. The average molecular weight is 102 g/mol. The SMILES string of the molecule is P=C1CC1=P. The Morgan fingerprint density at radius 2 is 1.40 bits per heavy atom. The van der Waals surface area contributed by atoms with E-state index in [0.717, 1.165) is 6.42 Å². The predicted molar refractivity (Wildman–Crippen MR) is 31.3 cm³/mol. The van der Waals surface area contributed by atoms with Crippen molar-refractivity contribution in [3.8, 4) is 0 Å². The fourth-order valence-corrected chi connectivity index (χ4v) is 0.663. The van der Waals surface area contributed by atoms with Crippen LogP contribution in [-0.2, 0) is 0 Å². The monoisotopic (exact) mass is 102 g/mol. The minimum absolute atomic E-state index is 1.13. The van der Waals surface area contributed by atoms with Crippen molar-refractivity contribution < 1.29 is 0 Å². The molecule has 5 heavy (non-hydrogen) atoms. The zero-order chi connectivity index (χ0) is 3.86. The molecule has 0 spiro atoms. The van der Waals surface area contributed by atoms with Gasteiger partial charge >= 0.3 is 0 Å². The Balaban J connectivity index is 2.81. The summed E-state index contributed by atoms with van der Waals surface area (Å²) in [6.07, 6.45) is 1.13. The summed E-state index contributed by atoms with van der Waals surface area (Å²) in [5.41, 5.74) is 0. The molecule has 0 saturated heterocycles. The van der Waals surface area contributed by atoms with Gasteiger partial charge in [0.05, 0.1) is 0 Å². The Bertz CT molecular complexity index is 81.1. The van der Waals surface area contributed by atoms with Crippen LogP contribution in [0.5, 0.6) is 0 Å². The molecule has 0 bridgehead atoms. The van der Waals surface area contributed by atoms with E-state index in [1.54, 1.807) is 0 Å². The Morgan fingerprint density at radius 3 is 1.40 bits per heavy atom. The van der Waals surface area contributed by atoms with Gasteiger partial charge < -0.3 is 0 Å². The fourth-order valence-electron chi connectivity index (χ4n) is 0.133. The molecule has 0 heterocycles. The maximum Gasteiger partial charge on any atom is 0.00626 e. The molecule has 26 valence electrons. The van der Waals surface area contributed by atoms with Crippen LogP contribution in [0, 0.1) is 0 Å². The van der Waals surface area contributed by atoms with Crippen molar-refractivity contribution in [3.63, 3.8) is 0 Å². The van der Waals surface area contributed by atoms with Crippen LogP contribution in [0.4, 0.5) is 0 Å². The lowest BCUT2D eigenvalue weighted by molar-refractivity contribution is 1.99. The fraction of sp³-hybridized carbons (Fsp3) is 0.333. The highest BCUT2D eigenvalue weighted by atomic mass is 31.0. The molecule has 1 aliphatic carbocycles. The molecule has 0 atom stereocenters. The van der Waals surface area contributed by atoms with E-state index in [0.29, 0.717) is 0 Å². The maximum atomic E-state index is 3.32. The van der Waals surface area contributed by atoms with Crippen LogP contribution >= 0.6 is 17.7 Å². The van der Waals surface area contributed by atoms with Gasteiger partial charge in [-0.2, -0.15) is 0 Å². The molecule has 0 nitrogen and oxygen atoms in total. The lowest BCUT2D eigenvalue weighted by Gasteiger charge is -1.40. The molecular weight excluding hydrogens is 98.0 g/mol. The van der Waals surface area contributed by atoms with Gasteiger partial charge in [-0.1, -0.05) is 0 Å². The van der Waals surface area contributed by atoms with Crippen LogP contribution in [0.3, 0.4) is 0 Å². The second kappa shape index (κ2) is 0.899. The largest absolute Gasteiger partial charge is 0.118 e. The number of hydrogen-bond acceptors (Lipinski definition) is 0. The van der Waals surface area contributed by atoms with Crippen molar-refractivity contribution in [2.24, 2.45) is 0 Å². The van der Waals surface area contributed by atoms with E-state index in [2.05, 4.69) is 17.7 Å². The van der Waals surface area contributed by atoms with E-state index in [9.17, 15) is 0 Å². The van der Waals surface area contributed by atoms with Crippen molar-refractivity contribution in [1.82, 2.24) is 0 Å². The third-order valence-electron chi connectivity index (χ3n) is 0.593. The molecule has 0 aromatic rings. The van der Waals surface area contributed by atoms with Gasteiger partial charge in [0.2, 0.25) is 0 Å². The zero-order valence-electron chi connectivity index (χ0n) is 2.71. The lowest BCUT2D eigenvalue weighted by Crippen LogP contribution is -1.49. The predicted octanol–water partition coefficient (Wildman–Crippen LogP) is 1.02. The third kappa shape index (κ3) is 0.591. The molecule has 0 amide bonds. The topological polar surface area (TPSA) is 0 Å². The van der Waals surface area contributed by atoms with Crippen LogP contribution in [0.2, 0.25) is 0 Å². The molecule has 0 unspecified atom stereocenters. The summed E-state index contributed by atoms with van der Waals surface area (Å²) >= 11 is 0. The van der Waals surface area contributed by atoms with Gasteiger partial charge in [0, 0.05) is 6.42 Å². The normalized spacial score (nSPS) is 20.0. The van der Waals surface area contributed by atoms with Gasteiger partial charge in [-0.3, -0.25) is 0 Å². The summed E-state index contributed by atoms with van der Waals surface area (Å²) in [5.74, 6) is 0. The Hall–Kier alpha value is 0.340. The molecule has 1 aliphatic rings. The second-order valence-corrected chi connectivity index (χ2v) is 2.34. The molecule has 2 heteroatoms. The Kier molecular flexibility index (Phi) is 0.634. The van der Waals surface area contributed by atoms with Crippen LogP contribution in [-0.4, -0.2) is 10.6 Å². The highest BCUT2D eigenvalue weighted by Gasteiger charge is 2.14. The van der Waals surface area contributed by atoms with Crippen molar-refractivity contribution in [2.75, 3.05) is 0 Å². The molecule has 1 saturated carbocycles. The van der Waals surface area contributed by atoms with Crippen molar-refractivity contribution >= 4 is 28.3 Å². The Morgan fingerprint density at radius 1 is 1.20 bits per heavy atom. The standard InChI is InChI=1S/C3H4P2/c4-2-1-3(2)5/h4-5H,1H2. The third-order valence-corrected chi connectivity index (χ3v) is 1.80. The van der Waals surface area contributed by atoms with Gasteiger partial charge in [0.15, 0.2) is 0 Å². The Labute approximate surface area is 35.6 Å². The smallest absolute Gasteiger partial charge is 0.00626 e. The minimum Gasteiger partial charge on any atom is -0.118 e. The maximum absolute atomic E-state index is 3.32. The van der Waals surface area contributed by atoms with Gasteiger partial charge in [-0.15, -0.1) is 17.7 Å². The summed E-state index contributed by atoms with van der Waals surface area (Å²) in [6.45, 7) is 0. The molecule has 0 radical (unpaired) electrons. The summed E-state index contributed by atoms with van der Waals surface area (Å²) in [6, 6.07) is 0. The first-order chi connectivity index (χ1) is 2.30. The second-order valence-electron chi connectivity index (χ2n) is 1.13. The number of rotatable bonds is 0. The summed E-state index contributed by atoms with van der Waals surface area (Å²) in [4.78, 5) is 0. The zero-order valence-corrected chi connectivity index (χ0v) is 4.71. The van der Waals surface area contributed by atoms with Crippen molar-refractivity contribution in [3.05, 3.63) is 0 Å². The molecule has 0 N–H and O–H groups in total. The first-order valence-electron chi connectivity index (χ1n) is 1.46. The summed E-state index contributed by atoms with van der Waals surface area (Å²) in [5, 5.41) is 2.61. The van der Waals surface area contributed by atoms with E-state index in [1.807, 2.05) is 0 Å². The molecule has 1 rings (SSSR count). The van der Waals surface area contributed by atoms with Gasteiger partial charge in [-0.25, -0.2) is 0 Å². The summed E-state index contributed by atoms with van der Waals surface area (Å²) in [7, 11) is 6.64. The first kappa shape index (κ1) is 3.53. The van der Waals surface area contributed by atoms with E-state index in [-0.39, 0.29) is 0 Å². The molecule has 1 fully saturated rings. The van der Waals surface area contributed by atoms with Gasteiger partial charge in [-0.05, 0) is 10.6 Å². The van der Waals surface area contributed by atoms with Crippen molar-refractivity contribution in [1.29, 1.82) is 0 Å². The van der Waals surface area contributed by atoms with Crippen LogP contribution in [0.15, 0.2) is 0 Å². The molecular formula is C3H4P2. The van der Waals surface area contributed by atoms with E-state index < -0.39 is 0 Å². The molecule has 0 aromatic carbocycles. The van der Waals surface area contributed by atoms with Crippen LogP contribution in [0.1, 0.15) is 6.42 Å². The molecule has 0 aliphatic heterocycles. The number of hydrogen-bond donors (Lipinski definition) is 0. The quantitative estimate of drug-likeness (QED) is 0.400. The highest BCUT2D eigenvalue weighted by Crippen LogP contribution is 2.13. The summed E-state index contributed by atoms with van der Waals surface area (Å²) < 4.78 is 0. The first-order valence-corrected chi connectivity index (χ1v) is 2.46. The molecule has 0 aromatic heterocycles. The van der Waals surface area contributed by atoms with E-state index in [1.165, 1.54) is 10.6 Å². The lowest BCUT2D eigenvalue weighted by atomic mass is 11.0. The van der Waals surface area contributed by atoms with E-state index >= 15 is 0 Å². The van der Waals surface area contributed by atoms with Gasteiger partial charge in [0.25, 0.3) is 0 Å². The van der Waals surface area contributed by atoms with Gasteiger partial charge in [0.1, 0.15) is 0 Å². The van der Waals surface area contributed by atoms with E-state index in [4.69, 9.17) is 0 Å². The van der Waals surface area contributed by atoms with Crippen LogP contribution < -0.4 is 0 Å². The van der Waals surface area contributed by atoms with Crippen molar-refractivity contribution in [2.45, 2.75) is 6.42 Å².